The molecule has 1 aromatic heterocycles. The molecule has 1 aromatic rings. The van der Waals surface area contributed by atoms with Crippen LogP contribution in [0.4, 0.5) is 6.01 Å². The minimum Gasteiger partial charge on any atom is -0.428 e. The summed E-state index contributed by atoms with van der Waals surface area (Å²) < 4.78 is 5.13. The number of nitrogens with one attached hydrogen (secondary N) is 1. The summed E-state index contributed by atoms with van der Waals surface area (Å²) in [5, 5.41) is 3.39. The van der Waals surface area contributed by atoms with Crippen molar-refractivity contribution in [1.29, 1.82) is 0 Å². The lowest BCUT2D eigenvalue weighted by atomic mass is 10.2. The van der Waals surface area contributed by atoms with E-state index in [1.807, 2.05) is 0 Å². The number of nitrogens with two attached hydrogens (primary N) is 1. The van der Waals surface area contributed by atoms with Crippen LogP contribution in [0.1, 0.15) is 26.0 Å². The van der Waals surface area contributed by atoms with Gasteiger partial charge in [-0.05, 0) is 11.8 Å². The number of oxazole rings is 1. The molecule has 0 saturated heterocycles. The van der Waals surface area contributed by atoms with Crippen LogP contribution in [-0.2, 0) is 6.54 Å². The van der Waals surface area contributed by atoms with E-state index in [-0.39, 0.29) is 6.01 Å². The molecule has 3 N–H and O–H groups in total. The Kier molecular flexibility index (Phi) is 1.80. The number of nitrogens with zero attached hydrogens (tertiary/aromatic N) is 1. The zero-order valence-corrected chi connectivity index (χ0v) is 8.00. The third-order valence-corrected chi connectivity index (χ3v) is 2.61. The van der Waals surface area contributed by atoms with Gasteiger partial charge >= 0.3 is 0 Å². The lowest BCUT2D eigenvalue weighted by Gasteiger charge is -2.03. The fourth-order valence-corrected chi connectivity index (χ4v) is 1.44. The number of hydrogen-bond donors (Lipinski definition) is 2. The highest BCUT2D eigenvalue weighted by atomic mass is 16.4. The van der Waals surface area contributed by atoms with E-state index in [0.717, 1.165) is 12.3 Å². The van der Waals surface area contributed by atoms with E-state index in [9.17, 15) is 0 Å². The van der Waals surface area contributed by atoms with Crippen LogP contribution in [0.5, 0.6) is 0 Å². The van der Waals surface area contributed by atoms with Gasteiger partial charge in [0.05, 0.1) is 12.7 Å². The summed E-state index contributed by atoms with van der Waals surface area (Å²) >= 11 is 0. The number of nitrogen functional groups attached to an aromatic ring is 1. The molecule has 0 amide bonds. The van der Waals surface area contributed by atoms with Crippen LogP contribution >= 0.6 is 0 Å². The maximum absolute atomic E-state index is 5.35. The normalized spacial score (nSPS) is 24.6. The summed E-state index contributed by atoms with van der Waals surface area (Å²) in [5.74, 6) is 0.806. The van der Waals surface area contributed by atoms with Crippen LogP contribution in [0.15, 0.2) is 10.6 Å². The molecule has 0 aliphatic heterocycles. The maximum Gasteiger partial charge on any atom is 0.292 e. The van der Waals surface area contributed by atoms with Gasteiger partial charge in [-0.1, -0.05) is 13.8 Å². The Labute approximate surface area is 77.5 Å². The molecule has 1 unspecified atom stereocenters. The highest BCUT2D eigenvalue weighted by Crippen LogP contribution is 2.44. The number of anilines is 1. The number of rotatable bonds is 3. The zero-order valence-electron chi connectivity index (χ0n) is 8.00. The van der Waals surface area contributed by atoms with E-state index in [0.29, 0.717) is 11.5 Å². The fraction of sp³-hybridized carbons (Fsp3) is 0.667. The molecule has 0 spiro atoms. The number of aromatic nitrogens is 1. The molecule has 2 rings (SSSR count). The Bertz CT molecular complexity index is 306. The summed E-state index contributed by atoms with van der Waals surface area (Å²) in [5.41, 5.74) is 5.80. The van der Waals surface area contributed by atoms with Gasteiger partial charge in [0, 0.05) is 6.04 Å². The van der Waals surface area contributed by atoms with Crippen LogP contribution in [0.25, 0.3) is 0 Å². The van der Waals surface area contributed by atoms with Gasteiger partial charge < -0.3 is 15.5 Å². The molecule has 0 radical (unpaired) electrons. The molecule has 13 heavy (non-hydrogen) atoms. The minimum atomic E-state index is 0.242. The van der Waals surface area contributed by atoms with Gasteiger partial charge in [-0.25, -0.2) is 4.98 Å². The van der Waals surface area contributed by atoms with Crippen molar-refractivity contribution in [2.75, 3.05) is 5.73 Å². The van der Waals surface area contributed by atoms with Crippen molar-refractivity contribution in [1.82, 2.24) is 10.3 Å². The Morgan fingerprint density at radius 1 is 1.77 bits per heavy atom. The molecule has 1 saturated carbocycles. The highest BCUT2D eigenvalue weighted by molar-refractivity contribution is 5.11. The SMILES string of the molecule is CC1(C)CC1NCc1cnc(N)o1. The Balaban J connectivity index is 1.81. The first kappa shape index (κ1) is 8.56. The van der Waals surface area contributed by atoms with Crippen LogP contribution < -0.4 is 11.1 Å². The van der Waals surface area contributed by atoms with E-state index in [1.54, 1.807) is 6.20 Å². The molecule has 4 heteroatoms. The smallest absolute Gasteiger partial charge is 0.292 e. The van der Waals surface area contributed by atoms with Gasteiger partial charge in [-0.15, -0.1) is 0 Å². The van der Waals surface area contributed by atoms with Crippen LogP contribution in [0.3, 0.4) is 0 Å². The van der Waals surface area contributed by atoms with E-state index >= 15 is 0 Å². The minimum absolute atomic E-state index is 0.242. The molecular weight excluding hydrogens is 166 g/mol. The first-order valence-electron chi connectivity index (χ1n) is 4.51. The predicted molar refractivity (Wildman–Crippen MR) is 49.9 cm³/mol. The zero-order chi connectivity index (χ0) is 9.47. The van der Waals surface area contributed by atoms with Crippen LogP contribution in [0.2, 0.25) is 0 Å². The first-order chi connectivity index (χ1) is 6.08. The van der Waals surface area contributed by atoms with Crippen molar-refractivity contribution in [3.05, 3.63) is 12.0 Å². The quantitative estimate of drug-likeness (QED) is 0.734. The van der Waals surface area contributed by atoms with Gasteiger partial charge in [0.2, 0.25) is 0 Å². The third kappa shape index (κ3) is 1.83. The first-order valence-corrected chi connectivity index (χ1v) is 4.51. The van der Waals surface area contributed by atoms with Crippen LogP contribution in [0, 0.1) is 5.41 Å². The average molecular weight is 181 g/mol. The molecular formula is C9H15N3O. The van der Waals surface area contributed by atoms with Crippen molar-refractivity contribution in [2.45, 2.75) is 32.9 Å². The topological polar surface area (TPSA) is 64.1 Å². The monoisotopic (exact) mass is 181 g/mol. The molecule has 1 aliphatic rings. The Morgan fingerprint density at radius 3 is 2.92 bits per heavy atom. The van der Waals surface area contributed by atoms with E-state index in [4.69, 9.17) is 10.2 Å². The van der Waals surface area contributed by atoms with Gasteiger partial charge in [-0.2, -0.15) is 0 Å². The van der Waals surface area contributed by atoms with E-state index < -0.39 is 0 Å². The summed E-state index contributed by atoms with van der Waals surface area (Å²) in [7, 11) is 0. The second kappa shape index (κ2) is 2.73. The largest absolute Gasteiger partial charge is 0.428 e. The van der Waals surface area contributed by atoms with Gasteiger partial charge in [0.15, 0.2) is 0 Å². The van der Waals surface area contributed by atoms with Crippen molar-refractivity contribution in [3.8, 4) is 0 Å². The van der Waals surface area contributed by atoms with Crippen molar-refractivity contribution < 1.29 is 4.42 Å². The maximum atomic E-state index is 5.35. The summed E-state index contributed by atoms with van der Waals surface area (Å²) in [6, 6.07) is 0.852. The summed E-state index contributed by atoms with van der Waals surface area (Å²) in [6.45, 7) is 5.22. The highest BCUT2D eigenvalue weighted by Gasteiger charge is 2.45. The lowest BCUT2D eigenvalue weighted by molar-refractivity contribution is 0.471. The predicted octanol–water partition coefficient (Wildman–Crippen LogP) is 1.14. The summed E-state index contributed by atoms with van der Waals surface area (Å²) in [6.07, 6.45) is 2.90. The second-order valence-electron chi connectivity index (χ2n) is 4.29. The molecule has 1 heterocycles. The number of hydrogen-bond acceptors (Lipinski definition) is 4. The average Bonchev–Trinajstić information content (AvgIpc) is 2.45. The third-order valence-electron chi connectivity index (χ3n) is 2.61. The molecule has 0 aromatic carbocycles. The van der Waals surface area contributed by atoms with E-state index in [1.165, 1.54) is 6.42 Å². The van der Waals surface area contributed by atoms with Gasteiger partial charge in [0.25, 0.3) is 6.01 Å². The molecule has 1 aliphatic carbocycles. The molecule has 72 valence electrons. The Morgan fingerprint density at radius 2 is 2.46 bits per heavy atom. The standard InChI is InChI=1S/C9H15N3O/c1-9(2)3-7(9)11-4-6-5-12-8(10)13-6/h5,7,11H,3-4H2,1-2H3,(H2,10,12). The second-order valence-corrected chi connectivity index (χ2v) is 4.29. The lowest BCUT2D eigenvalue weighted by Crippen LogP contribution is -2.19. The Hall–Kier alpha value is -1.03. The van der Waals surface area contributed by atoms with Crippen LogP contribution in [-0.4, -0.2) is 11.0 Å². The molecule has 1 fully saturated rings. The molecule has 0 bridgehead atoms. The summed E-state index contributed by atoms with van der Waals surface area (Å²) in [4.78, 5) is 3.82. The van der Waals surface area contributed by atoms with E-state index in [2.05, 4.69) is 24.1 Å². The van der Waals surface area contributed by atoms with Gasteiger partial charge in [-0.3, -0.25) is 0 Å². The van der Waals surface area contributed by atoms with Gasteiger partial charge in [0.1, 0.15) is 5.76 Å². The molecule has 4 nitrogen and oxygen atoms in total. The molecule has 1 atom stereocenters. The fourth-order valence-electron chi connectivity index (χ4n) is 1.44. The van der Waals surface area contributed by atoms with Crippen molar-refractivity contribution in [3.63, 3.8) is 0 Å². The van der Waals surface area contributed by atoms with Crippen molar-refractivity contribution in [2.24, 2.45) is 5.41 Å². The van der Waals surface area contributed by atoms with Crippen molar-refractivity contribution >= 4 is 6.01 Å².